The molecule has 19 heavy (non-hydrogen) atoms. The van der Waals surface area contributed by atoms with Crippen LogP contribution in [0.4, 0.5) is 5.82 Å². The summed E-state index contributed by atoms with van der Waals surface area (Å²) < 4.78 is 6.07. The molecule has 4 heterocycles. The van der Waals surface area contributed by atoms with Gasteiger partial charge in [0, 0.05) is 19.0 Å². The van der Waals surface area contributed by atoms with E-state index in [0.717, 1.165) is 19.6 Å². The van der Waals surface area contributed by atoms with Crippen LogP contribution in [0.1, 0.15) is 6.42 Å². The Kier molecular flexibility index (Phi) is 2.43. The van der Waals surface area contributed by atoms with Crippen molar-refractivity contribution in [3.8, 4) is 0 Å². The van der Waals surface area contributed by atoms with Gasteiger partial charge in [0.2, 0.25) is 0 Å². The second-order valence-corrected chi connectivity index (χ2v) is 5.75. The van der Waals surface area contributed by atoms with E-state index in [9.17, 15) is 0 Å². The van der Waals surface area contributed by atoms with Crippen molar-refractivity contribution in [3.63, 3.8) is 0 Å². The normalized spacial score (nSPS) is 35.5. The molecule has 1 N–H and O–H groups in total. The van der Waals surface area contributed by atoms with Crippen molar-refractivity contribution in [1.29, 1.82) is 0 Å². The molecule has 0 radical (unpaired) electrons. The molecular formula is C12H14ClN5O. The molecule has 1 aromatic rings. The van der Waals surface area contributed by atoms with E-state index in [4.69, 9.17) is 16.3 Å². The lowest BCUT2D eigenvalue weighted by molar-refractivity contribution is 0.0364. The van der Waals surface area contributed by atoms with E-state index in [-0.39, 0.29) is 5.60 Å². The van der Waals surface area contributed by atoms with Gasteiger partial charge in [0.05, 0.1) is 18.9 Å². The predicted octanol–water partition coefficient (Wildman–Crippen LogP) is 1.00. The fraction of sp³-hybridized carbons (Fsp3) is 0.583. The van der Waals surface area contributed by atoms with Gasteiger partial charge in [-0.3, -0.25) is 10.2 Å². The third kappa shape index (κ3) is 1.86. The lowest BCUT2D eigenvalue weighted by atomic mass is 9.88. The Labute approximate surface area is 115 Å². The van der Waals surface area contributed by atoms with Gasteiger partial charge in [-0.2, -0.15) is 0 Å². The molecule has 2 bridgehead atoms. The number of hydrogen-bond acceptors (Lipinski definition) is 6. The van der Waals surface area contributed by atoms with E-state index in [2.05, 4.69) is 25.2 Å². The number of piperidine rings is 1. The summed E-state index contributed by atoms with van der Waals surface area (Å²) in [6.07, 6.45) is 4.28. The lowest BCUT2D eigenvalue weighted by Crippen LogP contribution is -2.46. The van der Waals surface area contributed by atoms with Gasteiger partial charge < -0.3 is 4.74 Å². The highest BCUT2D eigenvalue weighted by atomic mass is 35.5. The summed E-state index contributed by atoms with van der Waals surface area (Å²) in [5, 5.41) is 3.43. The van der Waals surface area contributed by atoms with Gasteiger partial charge in [-0.25, -0.2) is 15.0 Å². The first kappa shape index (κ1) is 11.4. The maximum atomic E-state index is 6.07. The van der Waals surface area contributed by atoms with Gasteiger partial charge in [0.1, 0.15) is 10.8 Å². The summed E-state index contributed by atoms with van der Waals surface area (Å²) in [7, 11) is 0. The van der Waals surface area contributed by atoms with Crippen LogP contribution in [-0.2, 0) is 4.74 Å². The number of ether oxygens (including phenoxy) is 1. The van der Waals surface area contributed by atoms with Crippen LogP contribution in [0.2, 0.25) is 5.15 Å². The molecule has 3 aliphatic rings. The molecule has 4 rings (SSSR count). The highest BCUT2D eigenvalue weighted by Crippen LogP contribution is 2.41. The van der Waals surface area contributed by atoms with E-state index < -0.39 is 0 Å². The van der Waals surface area contributed by atoms with Crippen molar-refractivity contribution in [1.82, 2.24) is 14.9 Å². The number of rotatable bonds is 1. The van der Waals surface area contributed by atoms with Crippen molar-refractivity contribution >= 4 is 23.4 Å². The van der Waals surface area contributed by atoms with E-state index in [1.165, 1.54) is 19.2 Å². The number of fused-ring (bicyclic) bond motifs is 3. The number of nitrogens with zero attached hydrogens (tertiary/aromatic N) is 4. The van der Waals surface area contributed by atoms with Crippen LogP contribution in [0.3, 0.4) is 0 Å². The maximum absolute atomic E-state index is 6.07. The highest BCUT2D eigenvalue weighted by Gasteiger charge is 2.54. The largest absolute Gasteiger partial charge is 0.455 e. The summed E-state index contributed by atoms with van der Waals surface area (Å²) >= 11 is 5.70. The number of halogens is 1. The fourth-order valence-corrected chi connectivity index (χ4v) is 3.32. The zero-order chi connectivity index (χ0) is 12.9. The minimum atomic E-state index is -0.111. The number of aromatic nitrogens is 2. The SMILES string of the molecule is Clc1cnc(NC2=NC[C@@]3(CN4CC[C@@H]3C4)O2)cn1. The molecule has 3 atom stereocenters. The summed E-state index contributed by atoms with van der Waals surface area (Å²) in [4.78, 5) is 15.0. The van der Waals surface area contributed by atoms with Gasteiger partial charge in [-0.1, -0.05) is 11.6 Å². The Morgan fingerprint density at radius 2 is 2.37 bits per heavy atom. The summed E-state index contributed by atoms with van der Waals surface area (Å²) in [5.41, 5.74) is -0.111. The van der Waals surface area contributed by atoms with Crippen molar-refractivity contribution < 1.29 is 4.74 Å². The van der Waals surface area contributed by atoms with E-state index >= 15 is 0 Å². The third-order valence-electron chi connectivity index (χ3n) is 4.15. The smallest absolute Gasteiger partial charge is 0.291 e. The maximum Gasteiger partial charge on any atom is 0.291 e. The van der Waals surface area contributed by atoms with Crippen LogP contribution < -0.4 is 5.32 Å². The third-order valence-corrected chi connectivity index (χ3v) is 4.35. The Morgan fingerprint density at radius 1 is 1.42 bits per heavy atom. The number of amidine groups is 1. The number of aliphatic imine (C=N–C) groups is 1. The quantitative estimate of drug-likeness (QED) is 0.831. The molecule has 0 saturated carbocycles. The molecule has 1 aromatic heterocycles. The summed E-state index contributed by atoms with van der Waals surface area (Å²) in [6, 6.07) is 0.547. The van der Waals surface area contributed by atoms with Gasteiger partial charge in [-0.05, 0) is 13.0 Å². The zero-order valence-corrected chi connectivity index (χ0v) is 11.1. The zero-order valence-electron chi connectivity index (χ0n) is 10.3. The second kappa shape index (κ2) is 4.05. The first-order valence-corrected chi connectivity index (χ1v) is 6.82. The standard InChI is InChI=1S/C12H14ClN5O/c13-9-3-15-10(4-14-9)17-11-16-6-12(19-11)7-18-2-1-8(12)5-18/h3-4,8H,1-2,5-7H2,(H,15,16,17)/t8-,12+/m1/s1. The van der Waals surface area contributed by atoms with Gasteiger partial charge in [-0.15, -0.1) is 0 Å². The van der Waals surface area contributed by atoms with Crippen molar-refractivity contribution in [2.24, 2.45) is 10.9 Å². The number of anilines is 1. The molecule has 2 fully saturated rings. The number of hydrogen-bond donors (Lipinski definition) is 1. The Morgan fingerprint density at radius 3 is 3.05 bits per heavy atom. The average Bonchev–Trinajstić information content (AvgIpc) is 3.09. The summed E-state index contributed by atoms with van der Waals surface area (Å²) in [5.74, 6) is 1.20. The average molecular weight is 280 g/mol. The second-order valence-electron chi connectivity index (χ2n) is 5.36. The number of nitrogens with one attached hydrogen (secondary N) is 1. The molecule has 1 unspecified atom stereocenters. The monoisotopic (exact) mass is 279 g/mol. The molecule has 2 saturated heterocycles. The topological polar surface area (TPSA) is 62.6 Å². The first-order chi connectivity index (χ1) is 9.23. The molecule has 7 heteroatoms. The minimum absolute atomic E-state index is 0.111. The molecule has 0 amide bonds. The van der Waals surface area contributed by atoms with Crippen LogP contribution in [0.15, 0.2) is 17.4 Å². The van der Waals surface area contributed by atoms with Gasteiger partial charge >= 0.3 is 0 Å². The summed E-state index contributed by atoms with van der Waals surface area (Å²) in [6.45, 7) is 4.06. The first-order valence-electron chi connectivity index (χ1n) is 6.44. The molecule has 1 spiro atoms. The molecule has 3 aliphatic heterocycles. The molecular weight excluding hydrogens is 266 g/mol. The van der Waals surface area contributed by atoms with Gasteiger partial charge in [0.25, 0.3) is 6.02 Å². The molecule has 100 valence electrons. The van der Waals surface area contributed by atoms with Crippen LogP contribution in [0.5, 0.6) is 0 Å². The highest BCUT2D eigenvalue weighted by molar-refractivity contribution is 6.29. The molecule has 0 aliphatic carbocycles. The van der Waals surface area contributed by atoms with E-state index in [1.807, 2.05) is 0 Å². The minimum Gasteiger partial charge on any atom is -0.455 e. The van der Waals surface area contributed by atoms with Crippen LogP contribution >= 0.6 is 11.6 Å². The lowest BCUT2D eigenvalue weighted by Gasteiger charge is -2.32. The van der Waals surface area contributed by atoms with E-state index in [1.54, 1.807) is 6.20 Å². The van der Waals surface area contributed by atoms with Crippen molar-refractivity contribution in [2.75, 3.05) is 31.5 Å². The van der Waals surface area contributed by atoms with E-state index in [0.29, 0.717) is 22.9 Å². The molecule has 6 nitrogen and oxygen atoms in total. The Bertz CT molecular complexity index is 533. The van der Waals surface area contributed by atoms with Crippen LogP contribution in [-0.4, -0.2) is 52.7 Å². The predicted molar refractivity (Wildman–Crippen MR) is 71.3 cm³/mol. The fourth-order valence-electron chi connectivity index (χ4n) is 3.22. The van der Waals surface area contributed by atoms with Crippen molar-refractivity contribution in [3.05, 3.63) is 17.5 Å². The van der Waals surface area contributed by atoms with Crippen LogP contribution in [0.25, 0.3) is 0 Å². The molecule has 0 aromatic carbocycles. The van der Waals surface area contributed by atoms with Crippen molar-refractivity contribution in [2.45, 2.75) is 12.0 Å². The Balaban J connectivity index is 1.46. The Hall–Kier alpha value is -1.40. The van der Waals surface area contributed by atoms with Gasteiger partial charge in [0.15, 0.2) is 5.82 Å². The van der Waals surface area contributed by atoms with Crippen LogP contribution in [0, 0.1) is 5.92 Å².